The second-order valence-corrected chi connectivity index (χ2v) is 11.6. The van der Waals surface area contributed by atoms with Crippen LogP contribution in [0.3, 0.4) is 0 Å². The molecule has 4 fully saturated rings. The molecule has 0 aromatic heterocycles. The van der Waals surface area contributed by atoms with Crippen molar-refractivity contribution in [1.82, 2.24) is 0 Å². The Labute approximate surface area is 284 Å². The number of aliphatic hydroxyl groups is 8. The molecule has 4 saturated heterocycles. The fourth-order valence-corrected chi connectivity index (χ4v) is 5.82. The van der Waals surface area contributed by atoms with E-state index in [9.17, 15) is 80.5 Å². The molecular formula is C26H34O25-4. The Hall–Kier alpha value is -2.80. The van der Waals surface area contributed by atoms with Gasteiger partial charge in [-0.3, -0.25) is 0 Å². The third-order valence-electron chi connectivity index (χ3n) is 8.49. The van der Waals surface area contributed by atoms with Gasteiger partial charge < -0.3 is 123 Å². The van der Waals surface area contributed by atoms with Crippen LogP contribution in [0.4, 0.5) is 0 Å². The molecule has 0 amide bonds. The zero-order chi connectivity index (χ0) is 38.2. The van der Waals surface area contributed by atoms with E-state index < -0.39 is 147 Å². The fraction of sp³-hybridized carbons (Fsp3) is 0.846. The van der Waals surface area contributed by atoms with E-state index in [1.165, 1.54) is 0 Å². The lowest BCUT2D eigenvalue weighted by Crippen LogP contribution is -2.70. The summed E-state index contributed by atoms with van der Waals surface area (Å²) in [7, 11) is 1.95. The number of carboxylic acid groups (broad SMARTS) is 4. The first-order valence-corrected chi connectivity index (χ1v) is 14.8. The van der Waals surface area contributed by atoms with Gasteiger partial charge in [0.25, 0.3) is 0 Å². The lowest BCUT2D eigenvalue weighted by Gasteiger charge is -2.49. The number of hydrogen-bond donors (Lipinski definition) is 8. The minimum Gasteiger partial charge on any atom is -0.547 e. The average Bonchev–Trinajstić information content (AvgIpc) is 3.07. The van der Waals surface area contributed by atoms with Crippen molar-refractivity contribution in [2.75, 3.05) is 14.2 Å². The number of hydrogen-bond acceptors (Lipinski definition) is 25. The van der Waals surface area contributed by atoms with Crippen LogP contribution in [0.5, 0.6) is 0 Å². The van der Waals surface area contributed by atoms with Gasteiger partial charge in [-0.1, -0.05) is 0 Å². The van der Waals surface area contributed by atoms with Crippen molar-refractivity contribution in [3.63, 3.8) is 0 Å². The molecule has 4 rings (SSSR count). The van der Waals surface area contributed by atoms with E-state index in [4.69, 9.17) is 42.6 Å². The highest BCUT2D eigenvalue weighted by Gasteiger charge is 2.56. The predicted molar refractivity (Wildman–Crippen MR) is 135 cm³/mol. The summed E-state index contributed by atoms with van der Waals surface area (Å²) in [5, 5.41) is 132. The number of carboxylic acids is 4. The Bertz CT molecular complexity index is 1250. The number of carbonyl (C=O) groups is 4. The maximum absolute atomic E-state index is 12.0. The van der Waals surface area contributed by atoms with Crippen molar-refractivity contribution in [3.05, 3.63) is 0 Å². The third-order valence-corrected chi connectivity index (χ3v) is 8.49. The van der Waals surface area contributed by atoms with Crippen LogP contribution in [0.15, 0.2) is 0 Å². The van der Waals surface area contributed by atoms with Crippen molar-refractivity contribution in [2.45, 2.75) is 123 Å². The van der Waals surface area contributed by atoms with Gasteiger partial charge in [0.2, 0.25) is 0 Å². The van der Waals surface area contributed by atoms with Crippen molar-refractivity contribution >= 4 is 23.9 Å². The Balaban J connectivity index is 1.51. The second-order valence-electron chi connectivity index (χ2n) is 11.6. The molecule has 51 heavy (non-hydrogen) atoms. The summed E-state index contributed by atoms with van der Waals surface area (Å²) in [6, 6.07) is 0. The van der Waals surface area contributed by atoms with Crippen LogP contribution in [-0.4, -0.2) is 202 Å². The molecule has 20 atom stereocenters. The number of rotatable bonds is 12. The molecule has 0 bridgehead atoms. The maximum atomic E-state index is 12.0. The van der Waals surface area contributed by atoms with Crippen molar-refractivity contribution in [2.24, 2.45) is 0 Å². The van der Waals surface area contributed by atoms with Crippen molar-refractivity contribution in [1.29, 1.82) is 0 Å². The van der Waals surface area contributed by atoms with Crippen LogP contribution >= 0.6 is 0 Å². The molecule has 0 saturated carbocycles. The zero-order valence-corrected chi connectivity index (χ0v) is 26.1. The number of methoxy groups -OCH3 is 2. The highest BCUT2D eigenvalue weighted by atomic mass is 16.8. The molecule has 25 heteroatoms. The quantitative estimate of drug-likeness (QED) is 0.0918. The Morgan fingerprint density at radius 1 is 0.392 bits per heavy atom. The maximum Gasteiger partial charge on any atom is 0.187 e. The van der Waals surface area contributed by atoms with E-state index in [2.05, 4.69) is 0 Å². The van der Waals surface area contributed by atoms with Gasteiger partial charge in [-0.15, -0.1) is 0 Å². The number of carbonyl (C=O) groups excluding carboxylic acids is 4. The summed E-state index contributed by atoms with van der Waals surface area (Å²) >= 11 is 0. The molecule has 0 radical (unpaired) electrons. The molecule has 0 spiro atoms. The topological polar surface area (TPSA) is 405 Å². The Kier molecular flexibility index (Phi) is 13.2. The monoisotopic (exact) mass is 746 g/mol. The minimum atomic E-state index is -2.54. The molecule has 25 nitrogen and oxygen atoms in total. The van der Waals surface area contributed by atoms with Crippen molar-refractivity contribution in [3.8, 4) is 0 Å². The van der Waals surface area contributed by atoms with Gasteiger partial charge in [-0.25, -0.2) is 0 Å². The van der Waals surface area contributed by atoms with Crippen molar-refractivity contribution < 1.29 is 123 Å². The van der Waals surface area contributed by atoms with Gasteiger partial charge >= 0.3 is 0 Å². The van der Waals surface area contributed by atoms with Gasteiger partial charge in [-0.05, 0) is 0 Å². The lowest BCUT2D eigenvalue weighted by atomic mass is 9.95. The van der Waals surface area contributed by atoms with E-state index >= 15 is 0 Å². The summed E-state index contributed by atoms with van der Waals surface area (Å²) in [4.78, 5) is 47.2. The molecule has 8 N–H and O–H groups in total. The van der Waals surface area contributed by atoms with E-state index in [1.54, 1.807) is 0 Å². The summed E-state index contributed by atoms with van der Waals surface area (Å²) in [6.45, 7) is 0. The Morgan fingerprint density at radius 3 is 0.882 bits per heavy atom. The zero-order valence-electron chi connectivity index (χ0n) is 26.1. The molecule has 12 unspecified atom stereocenters. The average molecular weight is 747 g/mol. The van der Waals surface area contributed by atoms with E-state index in [0.29, 0.717) is 0 Å². The molecule has 4 aliphatic heterocycles. The van der Waals surface area contributed by atoms with Gasteiger partial charge in [0.05, 0.1) is 23.9 Å². The normalized spacial score (nSPS) is 47.7. The van der Waals surface area contributed by atoms with Gasteiger partial charge in [0.15, 0.2) is 25.2 Å². The molecule has 4 heterocycles. The standard InChI is InChI=1S/C26H38O25/c1-43-11-3(27)8(32)24(49-15(11)19(35)36)46-13-5(29)10(34)26(51-17(13)21(39)40)47-14-6(30)9(33)25(50-18(14)22(41)42)45-12-4(28)7(31)23(44-2)48-16(12)20(37)38/h3-18,23-34H,1-2H3,(H,35,36)(H,37,38)(H,39,40)(H,41,42)/p-4/t3?,4?,5?,6?,7?,8?,9?,10?,11-,12-,13-,14-,15?,16?,17?,18?,23+,24+,25+,26+/m1/s1. The van der Waals surface area contributed by atoms with E-state index in [-0.39, 0.29) is 0 Å². The minimum absolute atomic E-state index is 0.957. The number of aliphatic hydroxyl groups excluding tert-OH is 8. The summed E-state index contributed by atoms with van der Waals surface area (Å²) in [5.41, 5.74) is 0. The highest BCUT2D eigenvalue weighted by molar-refractivity contribution is 5.72. The first kappa shape index (κ1) is 41.0. The van der Waals surface area contributed by atoms with Crippen LogP contribution < -0.4 is 20.4 Å². The molecule has 292 valence electrons. The fourth-order valence-electron chi connectivity index (χ4n) is 5.82. The summed E-state index contributed by atoms with van der Waals surface area (Å²) in [5.74, 6) is -8.42. The number of ether oxygens (including phenoxy) is 9. The van der Waals surface area contributed by atoms with Crippen LogP contribution in [0.2, 0.25) is 0 Å². The molecular weight excluding hydrogens is 712 g/mol. The SMILES string of the molecule is CO[C@H]1OC(C(=O)[O-])[C@H](O[C@H]2OC(C(=O)[O-])[C@H](O[C@H]3OC(C(=O)[O-])[C@H](O[C@H]4OC(C(=O)[O-])[C@H](OC)C(O)C4O)C(O)C3O)C(O)C2O)C(O)C1O. The highest BCUT2D eigenvalue weighted by Crippen LogP contribution is 2.34. The van der Waals surface area contributed by atoms with Crippen LogP contribution in [0.1, 0.15) is 0 Å². The number of aliphatic carboxylic acids is 4. The molecule has 0 aromatic rings. The summed E-state index contributed by atoms with van der Waals surface area (Å²) in [6.07, 6.45) is -44.8. The lowest BCUT2D eigenvalue weighted by molar-refractivity contribution is -0.402. The van der Waals surface area contributed by atoms with Crippen LogP contribution in [0, 0.1) is 0 Å². The molecule has 0 aliphatic carbocycles. The Morgan fingerprint density at radius 2 is 0.627 bits per heavy atom. The van der Waals surface area contributed by atoms with Crippen LogP contribution in [0.25, 0.3) is 0 Å². The predicted octanol–water partition coefficient (Wildman–Crippen LogP) is -13.4. The van der Waals surface area contributed by atoms with E-state index in [0.717, 1.165) is 14.2 Å². The smallest absolute Gasteiger partial charge is 0.187 e. The molecule has 4 aliphatic rings. The third kappa shape index (κ3) is 8.09. The summed E-state index contributed by atoms with van der Waals surface area (Å²) < 4.78 is 45.3. The largest absolute Gasteiger partial charge is 0.547 e. The van der Waals surface area contributed by atoms with Gasteiger partial charge in [-0.2, -0.15) is 0 Å². The van der Waals surface area contributed by atoms with Gasteiger partial charge in [0, 0.05) is 14.2 Å². The van der Waals surface area contributed by atoms with E-state index in [1.807, 2.05) is 0 Å². The van der Waals surface area contributed by atoms with Gasteiger partial charge in [0.1, 0.15) is 97.7 Å². The first-order chi connectivity index (χ1) is 23.9. The second kappa shape index (κ2) is 16.5. The van der Waals surface area contributed by atoms with Crippen LogP contribution in [-0.2, 0) is 61.8 Å². The molecule has 0 aromatic carbocycles. The first-order valence-electron chi connectivity index (χ1n) is 14.8.